The van der Waals surface area contributed by atoms with Crippen LogP contribution in [0.5, 0.6) is 5.75 Å². The molecule has 2 aliphatic rings. The van der Waals surface area contributed by atoms with E-state index in [1.54, 1.807) is 30.3 Å². The highest BCUT2D eigenvalue weighted by Gasteiger charge is 2.34. The number of carbonyl (C=O) groups is 1. The van der Waals surface area contributed by atoms with E-state index < -0.39 is 6.35 Å². The summed E-state index contributed by atoms with van der Waals surface area (Å²) < 4.78 is 5.75. The summed E-state index contributed by atoms with van der Waals surface area (Å²) >= 11 is 0. The molecule has 1 fully saturated rings. The summed E-state index contributed by atoms with van der Waals surface area (Å²) in [6, 6.07) is 23.0. The molecular weight excluding hydrogens is 556 g/mol. The Kier molecular flexibility index (Phi) is 8.31. The molecule has 11 heteroatoms. The predicted molar refractivity (Wildman–Crippen MR) is 174 cm³/mol. The monoisotopic (exact) mass is 592 g/mol. The Labute approximate surface area is 257 Å². The van der Waals surface area contributed by atoms with Crippen molar-refractivity contribution in [1.29, 1.82) is 0 Å². The van der Waals surface area contributed by atoms with Gasteiger partial charge in [-0.2, -0.15) is 4.98 Å². The highest BCUT2D eigenvalue weighted by atomic mass is 16.5. The molecule has 0 spiro atoms. The van der Waals surface area contributed by atoms with Crippen LogP contribution in [-0.4, -0.2) is 72.6 Å². The van der Waals surface area contributed by atoms with Gasteiger partial charge in [-0.25, -0.2) is 4.98 Å². The fraction of sp³-hybridized carbons (Fsp3) is 0.242. The minimum Gasteiger partial charge on any atom is -0.494 e. The molecule has 1 aromatic heterocycles. The van der Waals surface area contributed by atoms with Gasteiger partial charge in [0.05, 0.1) is 19.3 Å². The van der Waals surface area contributed by atoms with Gasteiger partial charge < -0.3 is 35.2 Å². The third-order valence-corrected chi connectivity index (χ3v) is 7.89. The van der Waals surface area contributed by atoms with Crippen LogP contribution in [-0.2, 0) is 11.3 Å². The summed E-state index contributed by atoms with van der Waals surface area (Å²) in [4.78, 5) is 29.8. The van der Waals surface area contributed by atoms with E-state index in [0.717, 1.165) is 48.8 Å². The van der Waals surface area contributed by atoms with Crippen LogP contribution in [0.4, 0.5) is 40.2 Å². The molecule has 1 saturated heterocycles. The molecule has 1 amide bonds. The highest BCUT2D eigenvalue weighted by Crippen LogP contribution is 2.39. The number of hydrogen-bond acceptors (Lipinski definition) is 10. The van der Waals surface area contributed by atoms with Crippen molar-refractivity contribution in [2.75, 3.05) is 65.7 Å². The smallest absolute Gasteiger partial charge is 0.247 e. The third kappa shape index (κ3) is 6.01. The van der Waals surface area contributed by atoms with E-state index in [9.17, 15) is 9.90 Å². The van der Waals surface area contributed by atoms with Crippen LogP contribution in [0, 0.1) is 0 Å². The van der Waals surface area contributed by atoms with Gasteiger partial charge in [-0.05, 0) is 55.6 Å². The highest BCUT2D eigenvalue weighted by molar-refractivity contribution is 5.99. The van der Waals surface area contributed by atoms with Gasteiger partial charge >= 0.3 is 0 Å². The average molecular weight is 593 g/mol. The Bertz CT molecular complexity index is 1640. The molecule has 226 valence electrons. The van der Waals surface area contributed by atoms with Crippen LogP contribution in [0.15, 0.2) is 91.6 Å². The van der Waals surface area contributed by atoms with Crippen molar-refractivity contribution in [3.63, 3.8) is 0 Å². The van der Waals surface area contributed by atoms with E-state index in [-0.39, 0.29) is 5.91 Å². The number of benzene rings is 3. The Morgan fingerprint density at radius 3 is 2.52 bits per heavy atom. The molecule has 1 atom stereocenters. The Morgan fingerprint density at radius 1 is 1.00 bits per heavy atom. The van der Waals surface area contributed by atoms with E-state index in [4.69, 9.17) is 9.72 Å². The van der Waals surface area contributed by atoms with Crippen molar-refractivity contribution in [3.05, 3.63) is 97.2 Å². The largest absolute Gasteiger partial charge is 0.494 e. The quantitative estimate of drug-likeness (QED) is 0.252. The molecule has 4 aromatic rings. The number of likely N-dealkylation sites (N-methyl/N-ethyl adjacent to an activating group) is 1. The number of para-hydroxylation sites is 1. The second-order valence-corrected chi connectivity index (χ2v) is 10.8. The maximum atomic E-state index is 12.0. The number of aliphatic hydroxyl groups is 1. The zero-order chi connectivity index (χ0) is 30.6. The summed E-state index contributed by atoms with van der Waals surface area (Å²) in [5.41, 5.74) is 4.70. The predicted octanol–water partition coefficient (Wildman–Crippen LogP) is 4.54. The lowest BCUT2D eigenvalue weighted by Gasteiger charge is -2.43. The molecule has 6 rings (SSSR count). The number of nitrogens with zero attached hydrogens (tertiary/aromatic N) is 6. The SMILES string of the molecule is C=CC(=O)Nc1cccc(N2c3nc(Nc4ccc(N5CCN(C)CC5)cc4OC)ncc3CN(c3ccccc3)C2O)c1. The molecule has 0 radical (unpaired) electrons. The van der Waals surface area contributed by atoms with Crippen LogP contribution in [0.1, 0.15) is 5.56 Å². The fourth-order valence-corrected chi connectivity index (χ4v) is 5.48. The number of aliphatic hydroxyl groups excluding tert-OH is 1. The van der Waals surface area contributed by atoms with Crippen molar-refractivity contribution < 1.29 is 14.6 Å². The second kappa shape index (κ2) is 12.6. The first-order valence-corrected chi connectivity index (χ1v) is 14.5. The molecule has 44 heavy (non-hydrogen) atoms. The van der Waals surface area contributed by atoms with E-state index in [0.29, 0.717) is 35.4 Å². The number of methoxy groups -OCH3 is 1. The molecule has 3 aromatic carbocycles. The minimum absolute atomic E-state index is 0.325. The first kappa shape index (κ1) is 29.0. The first-order valence-electron chi connectivity index (χ1n) is 14.5. The van der Waals surface area contributed by atoms with Crippen molar-refractivity contribution in [1.82, 2.24) is 14.9 Å². The Hall–Kier alpha value is -5.13. The number of piperazine rings is 1. The van der Waals surface area contributed by atoms with E-state index in [1.165, 1.54) is 6.08 Å². The molecular formula is C33H36N8O3. The van der Waals surface area contributed by atoms with Crippen molar-refractivity contribution >= 4 is 46.1 Å². The summed E-state index contributed by atoms with van der Waals surface area (Å²) in [5, 5.41) is 17.9. The molecule has 11 nitrogen and oxygen atoms in total. The normalized spacial score (nSPS) is 16.7. The summed E-state index contributed by atoms with van der Waals surface area (Å²) in [5.74, 6) is 1.26. The standard InChI is InChI=1S/C33H36N8O3/c1-4-30(42)35-24-9-8-12-27(19-24)41-31-23(22-40(33(41)43)25-10-6-5-7-11-25)21-34-32(37-31)36-28-14-13-26(20-29(28)44-3)39-17-15-38(2)16-18-39/h4-14,19-21,33,43H,1,15-18,22H2,2-3H3,(H,35,42)(H,34,36,37). The van der Waals surface area contributed by atoms with Gasteiger partial charge in [-0.1, -0.05) is 30.8 Å². The molecule has 1 unspecified atom stereocenters. The first-order chi connectivity index (χ1) is 21.4. The zero-order valence-electron chi connectivity index (χ0n) is 24.8. The number of aromatic nitrogens is 2. The molecule has 0 bridgehead atoms. The van der Waals surface area contributed by atoms with E-state index >= 15 is 0 Å². The summed E-state index contributed by atoms with van der Waals surface area (Å²) in [6.45, 7) is 7.87. The van der Waals surface area contributed by atoms with Gasteiger partial charge in [0.2, 0.25) is 18.2 Å². The van der Waals surface area contributed by atoms with Crippen LogP contribution in [0.2, 0.25) is 0 Å². The van der Waals surface area contributed by atoms with Gasteiger partial charge in [0.25, 0.3) is 0 Å². The van der Waals surface area contributed by atoms with Gasteiger partial charge in [0.1, 0.15) is 11.6 Å². The van der Waals surface area contributed by atoms with Crippen molar-refractivity contribution in [2.24, 2.45) is 0 Å². The fourth-order valence-electron chi connectivity index (χ4n) is 5.48. The molecule has 3 heterocycles. The zero-order valence-corrected chi connectivity index (χ0v) is 24.8. The number of amides is 1. The van der Waals surface area contributed by atoms with Gasteiger partial charge in [-0.15, -0.1) is 0 Å². The minimum atomic E-state index is -1.09. The lowest BCUT2D eigenvalue weighted by atomic mass is 10.1. The van der Waals surface area contributed by atoms with Crippen molar-refractivity contribution in [2.45, 2.75) is 12.9 Å². The van der Waals surface area contributed by atoms with Crippen LogP contribution in [0.25, 0.3) is 0 Å². The number of nitrogens with one attached hydrogen (secondary N) is 2. The van der Waals surface area contributed by atoms with Crippen LogP contribution in [0.3, 0.4) is 0 Å². The van der Waals surface area contributed by atoms with Crippen LogP contribution < -0.4 is 30.1 Å². The second-order valence-electron chi connectivity index (χ2n) is 10.8. The molecule has 0 saturated carbocycles. The molecule has 0 aliphatic carbocycles. The Morgan fingerprint density at radius 2 is 1.77 bits per heavy atom. The van der Waals surface area contributed by atoms with E-state index in [2.05, 4.69) is 45.1 Å². The number of anilines is 7. The van der Waals surface area contributed by atoms with Crippen molar-refractivity contribution in [3.8, 4) is 5.75 Å². The average Bonchev–Trinajstić information content (AvgIpc) is 3.05. The van der Waals surface area contributed by atoms with Gasteiger partial charge in [-0.3, -0.25) is 9.69 Å². The number of rotatable bonds is 8. The van der Waals surface area contributed by atoms with Gasteiger partial charge in [0, 0.05) is 66.8 Å². The molecule has 3 N–H and O–H groups in total. The number of hydrogen-bond donors (Lipinski definition) is 3. The Balaban J connectivity index is 1.34. The summed E-state index contributed by atoms with van der Waals surface area (Å²) in [6.07, 6.45) is 1.90. The molecule has 2 aliphatic heterocycles. The van der Waals surface area contributed by atoms with Gasteiger partial charge in [0.15, 0.2) is 0 Å². The lowest BCUT2D eigenvalue weighted by Crippen LogP contribution is -2.50. The number of fused-ring (bicyclic) bond motifs is 1. The number of ether oxygens (including phenoxy) is 1. The number of carbonyl (C=O) groups excluding carboxylic acids is 1. The maximum absolute atomic E-state index is 12.0. The van der Waals surface area contributed by atoms with E-state index in [1.807, 2.05) is 59.5 Å². The summed E-state index contributed by atoms with van der Waals surface area (Å²) in [7, 11) is 3.79. The third-order valence-electron chi connectivity index (χ3n) is 7.89. The van der Waals surface area contributed by atoms with Crippen LogP contribution >= 0.6 is 0 Å². The topological polar surface area (TPSA) is 109 Å². The lowest BCUT2D eigenvalue weighted by molar-refractivity contribution is -0.111. The maximum Gasteiger partial charge on any atom is 0.247 e.